The van der Waals surface area contributed by atoms with Gasteiger partial charge in [-0.15, -0.1) is 11.3 Å². The van der Waals surface area contributed by atoms with E-state index in [0.717, 1.165) is 5.75 Å². The first-order valence-electron chi connectivity index (χ1n) is 5.70. The number of benzene rings is 1. The van der Waals surface area contributed by atoms with E-state index >= 15 is 0 Å². The van der Waals surface area contributed by atoms with Crippen molar-refractivity contribution in [2.24, 2.45) is 5.73 Å². The Morgan fingerprint density at radius 3 is 2.35 bits per heavy atom. The van der Waals surface area contributed by atoms with Crippen molar-refractivity contribution in [2.45, 2.75) is 26.0 Å². The van der Waals surface area contributed by atoms with Gasteiger partial charge in [0.2, 0.25) is 0 Å². The molecule has 0 radical (unpaired) electrons. The van der Waals surface area contributed by atoms with Crippen molar-refractivity contribution in [1.29, 1.82) is 0 Å². The summed E-state index contributed by atoms with van der Waals surface area (Å²) in [5.41, 5.74) is 6.01. The Labute approximate surface area is 106 Å². The maximum absolute atomic E-state index is 6.01. The molecule has 2 N–H and O–H groups in total. The van der Waals surface area contributed by atoms with Gasteiger partial charge < -0.3 is 10.5 Å². The Balaban J connectivity index is 2.19. The third-order valence-electron chi connectivity index (χ3n) is 2.53. The molecule has 0 bridgehead atoms. The molecule has 0 spiro atoms. The lowest BCUT2D eigenvalue weighted by Crippen LogP contribution is -2.28. The number of hydrogen-bond donors (Lipinski definition) is 1. The highest BCUT2D eigenvalue weighted by Crippen LogP contribution is 2.29. The van der Waals surface area contributed by atoms with Crippen molar-refractivity contribution in [1.82, 2.24) is 0 Å². The maximum atomic E-state index is 6.01. The summed E-state index contributed by atoms with van der Waals surface area (Å²) in [6.45, 7) is 4.07. The molecule has 0 saturated carbocycles. The summed E-state index contributed by atoms with van der Waals surface area (Å²) in [5, 5.41) is 0. The third-order valence-corrected chi connectivity index (χ3v) is 3.59. The van der Waals surface area contributed by atoms with Gasteiger partial charge in [-0.1, -0.05) is 18.2 Å². The summed E-state index contributed by atoms with van der Waals surface area (Å²) in [5.74, 6) is 0.862. The Hall–Kier alpha value is -1.32. The molecule has 0 aliphatic carbocycles. The van der Waals surface area contributed by atoms with Gasteiger partial charge in [0.15, 0.2) is 0 Å². The topological polar surface area (TPSA) is 35.2 Å². The second kappa shape index (κ2) is 5.34. The van der Waals surface area contributed by atoms with E-state index in [0.29, 0.717) is 0 Å². The fourth-order valence-electron chi connectivity index (χ4n) is 1.68. The predicted molar refractivity (Wildman–Crippen MR) is 72.5 cm³/mol. The van der Waals surface area contributed by atoms with Crippen LogP contribution in [0.15, 0.2) is 42.5 Å². The van der Waals surface area contributed by atoms with Crippen LogP contribution < -0.4 is 10.5 Å². The van der Waals surface area contributed by atoms with Crippen molar-refractivity contribution >= 4 is 11.3 Å². The number of aryl methyl sites for hydroxylation is 1. The SMILES string of the molecule is Cc1ccc(C(Oc2ccccc2)C(C)N)s1. The molecule has 0 aliphatic heterocycles. The Morgan fingerprint density at radius 2 is 1.82 bits per heavy atom. The molecule has 0 amide bonds. The standard InChI is InChI=1S/C14H17NOS/c1-10-8-9-13(17-10)14(11(2)15)16-12-6-4-3-5-7-12/h3-9,11,14H,15H2,1-2H3. The van der Waals surface area contributed by atoms with E-state index in [9.17, 15) is 0 Å². The Morgan fingerprint density at radius 1 is 1.12 bits per heavy atom. The van der Waals surface area contributed by atoms with Crippen LogP contribution >= 0.6 is 11.3 Å². The van der Waals surface area contributed by atoms with E-state index < -0.39 is 0 Å². The van der Waals surface area contributed by atoms with E-state index in [1.165, 1.54) is 9.75 Å². The van der Waals surface area contributed by atoms with Crippen LogP contribution in [0.5, 0.6) is 5.75 Å². The Kier molecular flexibility index (Phi) is 3.82. The normalized spacial score (nSPS) is 14.3. The average molecular weight is 247 g/mol. The molecule has 0 fully saturated rings. The van der Waals surface area contributed by atoms with Gasteiger partial charge in [-0.3, -0.25) is 0 Å². The van der Waals surface area contributed by atoms with Crippen LogP contribution in [0.3, 0.4) is 0 Å². The van der Waals surface area contributed by atoms with Gasteiger partial charge >= 0.3 is 0 Å². The van der Waals surface area contributed by atoms with Crippen molar-refractivity contribution in [3.05, 3.63) is 52.2 Å². The lowest BCUT2D eigenvalue weighted by Gasteiger charge is -2.21. The lowest BCUT2D eigenvalue weighted by molar-refractivity contribution is 0.184. The highest BCUT2D eigenvalue weighted by atomic mass is 32.1. The van der Waals surface area contributed by atoms with Crippen molar-refractivity contribution in [2.75, 3.05) is 0 Å². The van der Waals surface area contributed by atoms with E-state index in [1.807, 2.05) is 37.3 Å². The van der Waals surface area contributed by atoms with Gasteiger partial charge in [-0.25, -0.2) is 0 Å². The molecule has 0 aliphatic rings. The van der Waals surface area contributed by atoms with Gasteiger partial charge in [0.25, 0.3) is 0 Å². The zero-order valence-corrected chi connectivity index (χ0v) is 10.9. The third kappa shape index (κ3) is 3.08. The molecule has 1 heterocycles. The van der Waals surface area contributed by atoms with Crippen LogP contribution in [0.2, 0.25) is 0 Å². The van der Waals surface area contributed by atoms with Crippen LogP contribution in [0, 0.1) is 6.92 Å². The predicted octanol–water partition coefficient (Wildman–Crippen LogP) is 3.52. The molecule has 2 unspecified atom stereocenters. The van der Waals surface area contributed by atoms with Gasteiger partial charge in [-0.2, -0.15) is 0 Å². The fraction of sp³-hybridized carbons (Fsp3) is 0.286. The largest absolute Gasteiger partial charge is 0.483 e. The summed E-state index contributed by atoms with van der Waals surface area (Å²) in [6.07, 6.45) is -0.0731. The van der Waals surface area contributed by atoms with Gasteiger partial charge in [0.1, 0.15) is 11.9 Å². The molecule has 17 heavy (non-hydrogen) atoms. The Bertz CT molecular complexity index is 464. The first-order valence-corrected chi connectivity index (χ1v) is 6.52. The van der Waals surface area contributed by atoms with Crippen LogP contribution in [0.4, 0.5) is 0 Å². The molecular weight excluding hydrogens is 230 g/mol. The van der Waals surface area contributed by atoms with Gasteiger partial charge in [-0.05, 0) is 38.1 Å². The van der Waals surface area contributed by atoms with Crippen molar-refractivity contribution < 1.29 is 4.74 Å². The molecule has 0 saturated heterocycles. The van der Waals surface area contributed by atoms with Crippen molar-refractivity contribution in [3.63, 3.8) is 0 Å². The monoisotopic (exact) mass is 247 g/mol. The number of thiophene rings is 1. The average Bonchev–Trinajstić information content (AvgIpc) is 2.73. The van der Waals surface area contributed by atoms with E-state index in [1.54, 1.807) is 11.3 Å². The zero-order chi connectivity index (χ0) is 12.3. The van der Waals surface area contributed by atoms with Crippen molar-refractivity contribution in [3.8, 4) is 5.75 Å². The summed E-state index contributed by atoms with van der Waals surface area (Å²) in [4.78, 5) is 2.46. The molecule has 2 aromatic rings. The zero-order valence-electron chi connectivity index (χ0n) is 10.1. The quantitative estimate of drug-likeness (QED) is 0.897. The molecule has 90 valence electrons. The number of nitrogens with two attached hydrogens (primary N) is 1. The number of ether oxygens (including phenoxy) is 1. The smallest absolute Gasteiger partial charge is 0.148 e. The van der Waals surface area contributed by atoms with Gasteiger partial charge in [0, 0.05) is 15.8 Å². The maximum Gasteiger partial charge on any atom is 0.148 e. The second-order valence-corrected chi connectivity index (χ2v) is 5.48. The number of rotatable bonds is 4. The van der Waals surface area contributed by atoms with Crippen LogP contribution in [-0.4, -0.2) is 6.04 Å². The fourth-order valence-corrected chi connectivity index (χ4v) is 2.70. The molecule has 1 aromatic carbocycles. The summed E-state index contributed by atoms with van der Waals surface area (Å²) in [7, 11) is 0. The first kappa shape index (κ1) is 12.1. The van der Waals surface area contributed by atoms with Crippen LogP contribution in [-0.2, 0) is 0 Å². The second-order valence-electron chi connectivity index (χ2n) is 4.16. The summed E-state index contributed by atoms with van der Waals surface area (Å²) in [6, 6.07) is 14.0. The first-order chi connectivity index (χ1) is 8.16. The minimum absolute atomic E-state index is 0.0340. The molecule has 1 aromatic heterocycles. The minimum Gasteiger partial charge on any atom is -0.483 e. The molecular formula is C14H17NOS. The number of para-hydroxylation sites is 1. The number of hydrogen-bond acceptors (Lipinski definition) is 3. The molecule has 2 nitrogen and oxygen atoms in total. The van der Waals surface area contributed by atoms with E-state index in [-0.39, 0.29) is 12.1 Å². The van der Waals surface area contributed by atoms with Crippen LogP contribution in [0.25, 0.3) is 0 Å². The highest BCUT2D eigenvalue weighted by molar-refractivity contribution is 7.12. The molecule has 2 rings (SSSR count). The highest BCUT2D eigenvalue weighted by Gasteiger charge is 2.19. The summed E-state index contributed by atoms with van der Waals surface area (Å²) >= 11 is 1.74. The van der Waals surface area contributed by atoms with E-state index in [2.05, 4.69) is 19.1 Å². The lowest BCUT2D eigenvalue weighted by atomic mass is 10.1. The summed E-state index contributed by atoms with van der Waals surface area (Å²) < 4.78 is 5.96. The van der Waals surface area contributed by atoms with Gasteiger partial charge in [0.05, 0.1) is 0 Å². The molecule has 3 heteroatoms. The molecule has 2 atom stereocenters. The van der Waals surface area contributed by atoms with E-state index in [4.69, 9.17) is 10.5 Å². The minimum atomic E-state index is -0.0731. The van der Waals surface area contributed by atoms with Crippen LogP contribution in [0.1, 0.15) is 22.8 Å².